The van der Waals surface area contributed by atoms with Gasteiger partial charge in [-0.1, -0.05) is 18.0 Å². The van der Waals surface area contributed by atoms with E-state index in [1.54, 1.807) is 12.1 Å². The Morgan fingerprint density at radius 1 is 0.963 bits per heavy atom. The second kappa shape index (κ2) is 8.47. The fourth-order valence-corrected chi connectivity index (χ4v) is 5.08. The minimum Gasteiger partial charge on any atom is -0.339 e. The summed E-state index contributed by atoms with van der Waals surface area (Å²) < 4.78 is 0.639. The average molecular weight is 411 g/mol. The van der Waals surface area contributed by atoms with E-state index in [0.29, 0.717) is 28.8 Å². The second-order valence-electron chi connectivity index (χ2n) is 7.67. The number of carbonyl (C=O) groups excluding carboxylic acids is 2. The molecule has 3 heterocycles. The Morgan fingerprint density at radius 3 is 2.19 bits per heavy atom. The molecule has 2 aliphatic heterocycles. The molecule has 3 fully saturated rings. The zero-order valence-corrected chi connectivity index (χ0v) is 17.2. The van der Waals surface area contributed by atoms with E-state index in [2.05, 4.69) is 9.80 Å². The molecule has 1 aliphatic carbocycles. The van der Waals surface area contributed by atoms with Gasteiger partial charge in [-0.25, -0.2) is 0 Å². The Hall–Kier alpha value is -1.15. The Bertz CT molecular complexity index is 677. The molecular formula is C19H27ClN4O2S. The quantitative estimate of drug-likeness (QED) is 0.760. The lowest BCUT2D eigenvalue weighted by Gasteiger charge is -2.43. The van der Waals surface area contributed by atoms with E-state index >= 15 is 0 Å². The van der Waals surface area contributed by atoms with E-state index in [1.165, 1.54) is 30.6 Å². The molecule has 3 aliphatic rings. The predicted octanol–water partition coefficient (Wildman–Crippen LogP) is 1.86. The van der Waals surface area contributed by atoms with E-state index in [4.69, 9.17) is 11.6 Å². The summed E-state index contributed by atoms with van der Waals surface area (Å²) in [7, 11) is 0. The average Bonchev–Trinajstić information content (AvgIpc) is 3.07. The van der Waals surface area contributed by atoms with Crippen LogP contribution in [-0.2, 0) is 4.79 Å². The first-order valence-electron chi connectivity index (χ1n) is 9.89. The first-order valence-corrected chi connectivity index (χ1v) is 11.1. The van der Waals surface area contributed by atoms with Crippen molar-refractivity contribution < 1.29 is 9.59 Å². The Kier molecular flexibility index (Phi) is 6.02. The van der Waals surface area contributed by atoms with Gasteiger partial charge in [0.05, 0.1) is 15.8 Å². The minimum atomic E-state index is 0.0463. The van der Waals surface area contributed by atoms with E-state index in [0.717, 1.165) is 45.3 Å². The third-order valence-electron chi connectivity index (χ3n) is 6.06. The monoisotopic (exact) mass is 410 g/mol. The van der Waals surface area contributed by atoms with Crippen molar-refractivity contribution in [2.24, 2.45) is 0 Å². The van der Waals surface area contributed by atoms with Crippen LogP contribution in [0.4, 0.5) is 0 Å². The van der Waals surface area contributed by atoms with Gasteiger partial charge in [-0.05, 0) is 25.0 Å². The SMILES string of the molecule is O=C(CN1CCN(C(=O)c2ccc(Cl)s2)CC1)N1CCN(C2CCC2)CC1. The standard InChI is InChI=1S/C19H27ClN4O2S/c20-17-5-4-16(27-17)19(26)24-8-6-21(7-9-24)14-18(25)23-12-10-22(11-13-23)15-2-1-3-15/h4-5,15H,1-3,6-14H2. The van der Waals surface area contributed by atoms with Crippen LogP contribution in [0.25, 0.3) is 0 Å². The van der Waals surface area contributed by atoms with Crippen LogP contribution < -0.4 is 0 Å². The van der Waals surface area contributed by atoms with E-state index < -0.39 is 0 Å². The number of thiophene rings is 1. The van der Waals surface area contributed by atoms with Crippen molar-refractivity contribution in [1.29, 1.82) is 0 Å². The van der Waals surface area contributed by atoms with Crippen LogP contribution in [0.5, 0.6) is 0 Å². The summed E-state index contributed by atoms with van der Waals surface area (Å²) in [6.45, 7) is 7.03. The molecule has 1 aromatic heterocycles. The summed E-state index contributed by atoms with van der Waals surface area (Å²) in [6.07, 6.45) is 4.01. The second-order valence-corrected chi connectivity index (χ2v) is 9.39. The minimum absolute atomic E-state index is 0.0463. The summed E-state index contributed by atoms with van der Waals surface area (Å²) >= 11 is 7.25. The number of hydrogen-bond acceptors (Lipinski definition) is 5. The van der Waals surface area contributed by atoms with Crippen molar-refractivity contribution in [3.8, 4) is 0 Å². The molecule has 0 spiro atoms. The van der Waals surface area contributed by atoms with Gasteiger partial charge in [0.1, 0.15) is 0 Å². The molecular weight excluding hydrogens is 384 g/mol. The summed E-state index contributed by atoms with van der Waals surface area (Å²) in [5.74, 6) is 0.276. The van der Waals surface area contributed by atoms with Crippen LogP contribution in [-0.4, -0.2) is 96.4 Å². The number of piperazine rings is 2. The largest absolute Gasteiger partial charge is 0.339 e. The molecule has 0 bridgehead atoms. The third kappa shape index (κ3) is 4.47. The molecule has 2 amide bonds. The molecule has 27 heavy (non-hydrogen) atoms. The van der Waals surface area contributed by atoms with Gasteiger partial charge in [0.2, 0.25) is 5.91 Å². The van der Waals surface area contributed by atoms with Gasteiger partial charge < -0.3 is 9.80 Å². The van der Waals surface area contributed by atoms with E-state index in [9.17, 15) is 9.59 Å². The fraction of sp³-hybridized carbons (Fsp3) is 0.684. The maximum atomic E-state index is 12.6. The third-order valence-corrected chi connectivity index (χ3v) is 7.28. The van der Waals surface area contributed by atoms with Gasteiger partial charge in [-0.15, -0.1) is 11.3 Å². The molecule has 1 saturated carbocycles. The highest BCUT2D eigenvalue weighted by Gasteiger charge is 2.30. The molecule has 1 aromatic rings. The predicted molar refractivity (Wildman–Crippen MR) is 107 cm³/mol. The number of amides is 2. The van der Waals surface area contributed by atoms with Gasteiger partial charge in [0, 0.05) is 58.4 Å². The zero-order chi connectivity index (χ0) is 18.8. The zero-order valence-electron chi connectivity index (χ0n) is 15.6. The van der Waals surface area contributed by atoms with Gasteiger partial charge >= 0.3 is 0 Å². The number of rotatable bonds is 4. The molecule has 0 radical (unpaired) electrons. The highest BCUT2D eigenvalue weighted by Crippen LogP contribution is 2.26. The number of nitrogens with zero attached hydrogens (tertiary/aromatic N) is 4. The lowest BCUT2D eigenvalue weighted by atomic mass is 9.91. The summed E-state index contributed by atoms with van der Waals surface area (Å²) in [5.41, 5.74) is 0. The molecule has 0 N–H and O–H groups in total. The number of halogens is 1. The maximum Gasteiger partial charge on any atom is 0.264 e. The van der Waals surface area contributed by atoms with E-state index in [-0.39, 0.29) is 11.8 Å². The van der Waals surface area contributed by atoms with Gasteiger partial charge in [0.25, 0.3) is 5.91 Å². The number of hydrogen-bond donors (Lipinski definition) is 0. The lowest BCUT2D eigenvalue weighted by Crippen LogP contribution is -2.56. The summed E-state index contributed by atoms with van der Waals surface area (Å²) in [6, 6.07) is 4.32. The van der Waals surface area contributed by atoms with E-state index in [1.807, 2.05) is 9.80 Å². The van der Waals surface area contributed by atoms with Crippen LogP contribution in [0.1, 0.15) is 28.9 Å². The lowest BCUT2D eigenvalue weighted by molar-refractivity contribution is -0.135. The van der Waals surface area contributed by atoms with Gasteiger partial charge in [-0.3, -0.25) is 19.4 Å². The topological polar surface area (TPSA) is 47.1 Å². The first-order chi connectivity index (χ1) is 13.1. The maximum absolute atomic E-state index is 12.6. The van der Waals surface area contributed by atoms with Crippen molar-refractivity contribution in [1.82, 2.24) is 19.6 Å². The Labute approximate surface area is 169 Å². The van der Waals surface area contributed by atoms with Crippen LogP contribution in [0.2, 0.25) is 4.34 Å². The molecule has 8 heteroatoms. The number of carbonyl (C=O) groups is 2. The summed E-state index contributed by atoms with van der Waals surface area (Å²) in [4.78, 5) is 34.4. The van der Waals surface area contributed by atoms with Crippen LogP contribution in [0, 0.1) is 0 Å². The molecule has 0 aromatic carbocycles. The highest BCUT2D eigenvalue weighted by atomic mass is 35.5. The highest BCUT2D eigenvalue weighted by molar-refractivity contribution is 7.17. The molecule has 2 saturated heterocycles. The molecule has 4 rings (SSSR count). The van der Waals surface area contributed by atoms with Crippen molar-refractivity contribution >= 4 is 34.8 Å². The molecule has 148 valence electrons. The van der Waals surface area contributed by atoms with Crippen molar-refractivity contribution in [2.45, 2.75) is 25.3 Å². The van der Waals surface area contributed by atoms with Crippen molar-refractivity contribution in [3.05, 3.63) is 21.3 Å². The molecule has 6 nitrogen and oxygen atoms in total. The normalized spacial score (nSPS) is 22.7. The van der Waals surface area contributed by atoms with Gasteiger partial charge in [-0.2, -0.15) is 0 Å². The van der Waals surface area contributed by atoms with Crippen molar-refractivity contribution in [3.63, 3.8) is 0 Å². The Balaban J connectivity index is 1.20. The van der Waals surface area contributed by atoms with Crippen molar-refractivity contribution in [2.75, 3.05) is 58.9 Å². The first kappa shape index (κ1) is 19.2. The van der Waals surface area contributed by atoms with Crippen LogP contribution in [0.3, 0.4) is 0 Å². The van der Waals surface area contributed by atoms with Crippen LogP contribution in [0.15, 0.2) is 12.1 Å². The fourth-order valence-electron chi connectivity index (χ4n) is 4.07. The summed E-state index contributed by atoms with van der Waals surface area (Å²) in [5, 5.41) is 0. The Morgan fingerprint density at radius 2 is 1.63 bits per heavy atom. The molecule has 0 unspecified atom stereocenters. The van der Waals surface area contributed by atoms with Gasteiger partial charge in [0.15, 0.2) is 0 Å². The molecule has 0 atom stereocenters. The van der Waals surface area contributed by atoms with Crippen LogP contribution >= 0.6 is 22.9 Å². The smallest absolute Gasteiger partial charge is 0.264 e.